The van der Waals surface area contributed by atoms with Crippen LogP contribution in [0.2, 0.25) is 5.15 Å². The number of halogens is 2. The quantitative estimate of drug-likeness (QED) is 0.729. The summed E-state index contributed by atoms with van der Waals surface area (Å²) < 4.78 is 12.8. The first-order chi connectivity index (χ1) is 9.61. The van der Waals surface area contributed by atoms with E-state index >= 15 is 0 Å². The van der Waals surface area contributed by atoms with E-state index in [9.17, 15) is 4.39 Å². The summed E-state index contributed by atoms with van der Waals surface area (Å²) in [7, 11) is 0. The molecule has 0 bridgehead atoms. The molecule has 102 valence electrons. The third kappa shape index (κ3) is 2.73. The Morgan fingerprint density at radius 2 is 2.00 bits per heavy atom. The number of hydrogen-bond donors (Lipinski definition) is 1. The number of anilines is 1. The number of hydrogen-bond acceptors (Lipinski definition) is 4. The lowest BCUT2D eigenvalue weighted by Crippen LogP contribution is -2.03. The first kappa shape index (κ1) is 13.3. The average molecular weight is 308 g/mol. The number of nitrogens with zero attached hydrogens (tertiary/aromatic N) is 2. The van der Waals surface area contributed by atoms with Gasteiger partial charge in [0.05, 0.1) is 0 Å². The van der Waals surface area contributed by atoms with Crippen LogP contribution in [0.3, 0.4) is 0 Å². The lowest BCUT2D eigenvalue weighted by atomic mass is 10.2. The third-order valence-electron chi connectivity index (χ3n) is 2.83. The zero-order valence-corrected chi connectivity index (χ0v) is 12.2. The van der Waals surface area contributed by atoms with Gasteiger partial charge in [-0.1, -0.05) is 23.7 Å². The van der Waals surface area contributed by atoms with Crippen LogP contribution in [0.5, 0.6) is 0 Å². The summed E-state index contributed by atoms with van der Waals surface area (Å²) in [6.45, 7) is 2.53. The smallest absolute Gasteiger partial charge is 0.225 e. The van der Waals surface area contributed by atoms with Gasteiger partial charge in [0.2, 0.25) is 5.95 Å². The highest BCUT2D eigenvalue weighted by Gasteiger charge is 2.08. The summed E-state index contributed by atoms with van der Waals surface area (Å²) in [4.78, 5) is 10.7. The lowest BCUT2D eigenvalue weighted by molar-refractivity contribution is 0.627. The van der Waals surface area contributed by atoms with E-state index in [1.54, 1.807) is 23.5 Å². The van der Waals surface area contributed by atoms with Crippen LogP contribution in [-0.4, -0.2) is 9.97 Å². The largest absolute Gasteiger partial charge is 0.350 e. The molecule has 0 fully saturated rings. The van der Waals surface area contributed by atoms with Crippen LogP contribution in [0.25, 0.3) is 10.2 Å². The van der Waals surface area contributed by atoms with Gasteiger partial charge >= 0.3 is 0 Å². The van der Waals surface area contributed by atoms with Crippen molar-refractivity contribution in [2.45, 2.75) is 13.5 Å². The van der Waals surface area contributed by atoms with Crippen molar-refractivity contribution < 1.29 is 4.39 Å². The standard InChI is InChI=1S/C14H11ClFN3S/c1-8-6-11-12(15)18-14(19-13(11)20-8)17-7-9-2-4-10(16)5-3-9/h2-6H,7H2,1H3,(H,17,18,19). The van der Waals surface area contributed by atoms with Crippen molar-refractivity contribution >= 4 is 39.1 Å². The molecule has 0 atom stereocenters. The Morgan fingerprint density at radius 3 is 2.75 bits per heavy atom. The second-order valence-electron chi connectivity index (χ2n) is 4.39. The van der Waals surface area contributed by atoms with Crippen molar-refractivity contribution in [2.75, 3.05) is 5.32 Å². The van der Waals surface area contributed by atoms with Crippen molar-refractivity contribution in [3.05, 3.63) is 51.7 Å². The maximum absolute atomic E-state index is 12.8. The minimum atomic E-state index is -0.247. The van der Waals surface area contributed by atoms with Gasteiger partial charge in [0.15, 0.2) is 0 Å². The number of fused-ring (bicyclic) bond motifs is 1. The Hall–Kier alpha value is -1.72. The van der Waals surface area contributed by atoms with Gasteiger partial charge in [-0.05, 0) is 30.7 Å². The lowest BCUT2D eigenvalue weighted by Gasteiger charge is -2.05. The SMILES string of the molecule is Cc1cc2c(Cl)nc(NCc3ccc(F)cc3)nc2s1. The summed E-state index contributed by atoms with van der Waals surface area (Å²) in [5.74, 6) is 0.234. The van der Waals surface area contributed by atoms with Crippen molar-refractivity contribution in [1.29, 1.82) is 0 Å². The summed E-state index contributed by atoms with van der Waals surface area (Å²) >= 11 is 7.72. The van der Waals surface area contributed by atoms with Gasteiger partial charge in [0, 0.05) is 16.8 Å². The normalized spacial score (nSPS) is 10.9. The predicted molar refractivity (Wildman–Crippen MR) is 80.9 cm³/mol. The van der Waals surface area contributed by atoms with E-state index in [4.69, 9.17) is 11.6 Å². The highest BCUT2D eigenvalue weighted by atomic mass is 35.5. The van der Waals surface area contributed by atoms with Gasteiger partial charge in [0.25, 0.3) is 0 Å². The number of nitrogens with one attached hydrogen (secondary N) is 1. The maximum Gasteiger partial charge on any atom is 0.225 e. The van der Waals surface area contributed by atoms with Crippen molar-refractivity contribution in [3.63, 3.8) is 0 Å². The molecule has 1 N–H and O–H groups in total. The van der Waals surface area contributed by atoms with Crippen LogP contribution in [-0.2, 0) is 6.54 Å². The highest BCUT2D eigenvalue weighted by Crippen LogP contribution is 2.29. The van der Waals surface area contributed by atoms with Crippen LogP contribution >= 0.6 is 22.9 Å². The molecular weight excluding hydrogens is 297 g/mol. The Labute approximate surface area is 124 Å². The average Bonchev–Trinajstić information content (AvgIpc) is 2.79. The Morgan fingerprint density at radius 1 is 1.25 bits per heavy atom. The molecule has 3 rings (SSSR count). The molecule has 0 aliphatic rings. The molecule has 0 spiro atoms. The van der Waals surface area contributed by atoms with Crippen LogP contribution in [0.15, 0.2) is 30.3 Å². The van der Waals surface area contributed by atoms with E-state index in [2.05, 4.69) is 15.3 Å². The highest BCUT2D eigenvalue weighted by molar-refractivity contribution is 7.18. The van der Waals surface area contributed by atoms with E-state index in [1.165, 1.54) is 12.1 Å². The number of aryl methyl sites for hydroxylation is 1. The summed E-state index contributed by atoms with van der Waals surface area (Å²) in [5.41, 5.74) is 0.952. The van der Waals surface area contributed by atoms with Crippen LogP contribution < -0.4 is 5.32 Å². The van der Waals surface area contributed by atoms with E-state index < -0.39 is 0 Å². The van der Waals surface area contributed by atoms with E-state index in [0.717, 1.165) is 20.7 Å². The molecule has 3 aromatic rings. The van der Waals surface area contributed by atoms with E-state index in [0.29, 0.717) is 17.6 Å². The van der Waals surface area contributed by atoms with Gasteiger partial charge in [-0.25, -0.2) is 14.4 Å². The van der Waals surface area contributed by atoms with Gasteiger partial charge in [-0.3, -0.25) is 0 Å². The molecule has 0 amide bonds. The molecule has 2 aromatic heterocycles. The minimum absolute atomic E-state index is 0.247. The second kappa shape index (κ2) is 5.34. The van der Waals surface area contributed by atoms with Gasteiger partial charge < -0.3 is 5.32 Å². The number of thiophene rings is 1. The van der Waals surface area contributed by atoms with Gasteiger partial charge in [0.1, 0.15) is 15.8 Å². The topological polar surface area (TPSA) is 37.8 Å². The maximum atomic E-state index is 12.8. The van der Waals surface area contributed by atoms with Gasteiger partial charge in [-0.15, -0.1) is 11.3 Å². The summed E-state index contributed by atoms with van der Waals surface area (Å²) in [5, 5.41) is 4.42. The molecule has 20 heavy (non-hydrogen) atoms. The zero-order chi connectivity index (χ0) is 14.1. The van der Waals surface area contributed by atoms with Crippen LogP contribution in [0, 0.1) is 12.7 Å². The fourth-order valence-electron chi connectivity index (χ4n) is 1.87. The molecular formula is C14H11ClFN3S. The molecule has 0 unspecified atom stereocenters. The fourth-order valence-corrected chi connectivity index (χ4v) is 3.03. The Kier molecular flexibility index (Phi) is 3.54. The summed E-state index contributed by atoms with van der Waals surface area (Å²) in [6, 6.07) is 8.27. The van der Waals surface area contributed by atoms with E-state index in [-0.39, 0.29) is 5.82 Å². The minimum Gasteiger partial charge on any atom is -0.350 e. The number of aromatic nitrogens is 2. The summed E-state index contributed by atoms with van der Waals surface area (Å²) in [6.07, 6.45) is 0. The van der Waals surface area contributed by atoms with Crippen molar-refractivity contribution in [3.8, 4) is 0 Å². The first-order valence-corrected chi connectivity index (χ1v) is 7.23. The Balaban J connectivity index is 1.82. The van der Waals surface area contributed by atoms with Gasteiger partial charge in [-0.2, -0.15) is 0 Å². The molecule has 2 heterocycles. The monoisotopic (exact) mass is 307 g/mol. The Bertz CT molecular complexity index is 755. The zero-order valence-electron chi connectivity index (χ0n) is 10.7. The van der Waals surface area contributed by atoms with Crippen molar-refractivity contribution in [1.82, 2.24) is 9.97 Å². The number of benzene rings is 1. The van der Waals surface area contributed by atoms with Crippen LogP contribution in [0.1, 0.15) is 10.4 Å². The number of rotatable bonds is 3. The molecule has 3 nitrogen and oxygen atoms in total. The molecule has 0 saturated heterocycles. The molecule has 0 saturated carbocycles. The first-order valence-electron chi connectivity index (χ1n) is 6.04. The third-order valence-corrected chi connectivity index (χ3v) is 4.07. The predicted octanol–water partition coefficient (Wildman–Crippen LogP) is 4.40. The molecule has 0 radical (unpaired) electrons. The second-order valence-corrected chi connectivity index (χ2v) is 5.99. The molecule has 1 aromatic carbocycles. The van der Waals surface area contributed by atoms with Crippen LogP contribution in [0.4, 0.5) is 10.3 Å². The molecule has 0 aliphatic heterocycles. The molecule has 0 aliphatic carbocycles. The molecule has 6 heteroatoms. The van der Waals surface area contributed by atoms with Crippen molar-refractivity contribution in [2.24, 2.45) is 0 Å². The van der Waals surface area contributed by atoms with E-state index in [1.807, 2.05) is 13.0 Å². The fraction of sp³-hybridized carbons (Fsp3) is 0.143.